The number of benzene rings is 1. The lowest BCUT2D eigenvalue weighted by Gasteiger charge is -2.25. The summed E-state index contributed by atoms with van der Waals surface area (Å²) < 4.78 is 0. The first kappa shape index (κ1) is 15.0. The summed E-state index contributed by atoms with van der Waals surface area (Å²) in [4.78, 5) is 9.43. The molecular formula is C18H23N3O. The molecule has 0 aliphatic carbocycles. The van der Waals surface area contributed by atoms with E-state index < -0.39 is 0 Å². The van der Waals surface area contributed by atoms with Gasteiger partial charge in [-0.1, -0.05) is 12.1 Å². The largest absolute Gasteiger partial charge is 0.508 e. The molecule has 0 amide bonds. The number of nitrogens with zero attached hydrogens (tertiary/aromatic N) is 2. The normalized spacial score (nSPS) is 18.4. The van der Waals surface area contributed by atoms with Gasteiger partial charge < -0.3 is 10.4 Å². The van der Waals surface area contributed by atoms with Crippen LogP contribution in [0.1, 0.15) is 47.1 Å². The summed E-state index contributed by atoms with van der Waals surface area (Å²) in [5.41, 5.74) is 4.53. The highest BCUT2D eigenvalue weighted by Crippen LogP contribution is 2.27. The Bertz CT molecular complexity index is 640. The van der Waals surface area contributed by atoms with Crippen molar-refractivity contribution in [2.45, 2.75) is 39.0 Å². The first-order valence-corrected chi connectivity index (χ1v) is 7.96. The van der Waals surface area contributed by atoms with Crippen molar-refractivity contribution < 1.29 is 5.11 Å². The SMILES string of the molecule is Cc1nc(Cc2cccc(O)c2)nc(C)c1C1CCCNC1. The van der Waals surface area contributed by atoms with E-state index >= 15 is 0 Å². The minimum atomic E-state index is 0.288. The second-order valence-corrected chi connectivity index (χ2v) is 6.11. The van der Waals surface area contributed by atoms with Crippen LogP contribution in [0.2, 0.25) is 0 Å². The average molecular weight is 297 g/mol. The van der Waals surface area contributed by atoms with Crippen LogP contribution >= 0.6 is 0 Å². The lowest BCUT2D eigenvalue weighted by Crippen LogP contribution is -2.29. The highest BCUT2D eigenvalue weighted by atomic mass is 16.3. The maximum absolute atomic E-state index is 9.57. The average Bonchev–Trinajstić information content (AvgIpc) is 2.47. The Hall–Kier alpha value is -1.94. The molecule has 2 heterocycles. The number of phenols is 1. The Morgan fingerprint density at radius 3 is 2.64 bits per heavy atom. The Morgan fingerprint density at radius 1 is 1.23 bits per heavy atom. The molecule has 0 radical (unpaired) electrons. The minimum Gasteiger partial charge on any atom is -0.508 e. The van der Waals surface area contributed by atoms with Gasteiger partial charge in [0.25, 0.3) is 0 Å². The van der Waals surface area contributed by atoms with Crippen molar-refractivity contribution in [2.75, 3.05) is 13.1 Å². The highest BCUT2D eigenvalue weighted by Gasteiger charge is 2.21. The van der Waals surface area contributed by atoms with Gasteiger partial charge in [-0.05, 0) is 62.4 Å². The molecule has 1 aromatic heterocycles. The zero-order chi connectivity index (χ0) is 15.5. The van der Waals surface area contributed by atoms with Crippen molar-refractivity contribution in [1.29, 1.82) is 0 Å². The summed E-state index contributed by atoms with van der Waals surface area (Å²) in [5.74, 6) is 1.65. The molecule has 1 aromatic carbocycles. The zero-order valence-corrected chi connectivity index (χ0v) is 13.3. The van der Waals surface area contributed by atoms with Gasteiger partial charge in [0.1, 0.15) is 11.6 Å². The molecule has 4 heteroatoms. The second-order valence-electron chi connectivity index (χ2n) is 6.11. The molecule has 116 valence electrons. The van der Waals surface area contributed by atoms with Crippen LogP contribution in [0.15, 0.2) is 24.3 Å². The molecular weight excluding hydrogens is 274 g/mol. The minimum absolute atomic E-state index is 0.288. The van der Waals surface area contributed by atoms with E-state index in [0.717, 1.165) is 35.9 Å². The van der Waals surface area contributed by atoms with Gasteiger partial charge in [-0.3, -0.25) is 0 Å². The monoisotopic (exact) mass is 297 g/mol. The molecule has 0 saturated carbocycles. The van der Waals surface area contributed by atoms with Crippen molar-refractivity contribution in [1.82, 2.24) is 15.3 Å². The van der Waals surface area contributed by atoms with Crippen LogP contribution < -0.4 is 5.32 Å². The van der Waals surface area contributed by atoms with E-state index in [1.807, 2.05) is 12.1 Å². The Kier molecular flexibility index (Phi) is 4.39. The van der Waals surface area contributed by atoms with E-state index in [0.29, 0.717) is 12.3 Å². The maximum atomic E-state index is 9.57. The van der Waals surface area contributed by atoms with E-state index in [9.17, 15) is 5.11 Å². The Labute approximate surface area is 131 Å². The lowest BCUT2D eigenvalue weighted by molar-refractivity contribution is 0.456. The number of aryl methyl sites for hydroxylation is 2. The van der Waals surface area contributed by atoms with Gasteiger partial charge in [0.2, 0.25) is 0 Å². The molecule has 1 saturated heterocycles. The van der Waals surface area contributed by atoms with E-state index in [1.54, 1.807) is 12.1 Å². The van der Waals surface area contributed by atoms with Gasteiger partial charge >= 0.3 is 0 Å². The quantitative estimate of drug-likeness (QED) is 0.914. The van der Waals surface area contributed by atoms with Crippen LogP contribution in [-0.2, 0) is 6.42 Å². The van der Waals surface area contributed by atoms with E-state index in [-0.39, 0.29) is 5.75 Å². The van der Waals surface area contributed by atoms with Gasteiger partial charge in [-0.2, -0.15) is 0 Å². The second kappa shape index (κ2) is 6.44. The number of piperidine rings is 1. The fraction of sp³-hybridized carbons (Fsp3) is 0.444. The number of nitrogens with one attached hydrogen (secondary N) is 1. The maximum Gasteiger partial charge on any atom is 0.133 e. The van der Waals surface area contributed by atoms with Crippen molar-refractivity contribution in [2.24, 2.45) is 0 Å². The van der Waals surface area contributed by atoms with Gasteiger partial charge in [0.05, 0.1) is 0 Å². The smallest absolute Gasteiger partial charge is 0.133 e. The topological polar surface area (TPSA) is 58.0 Å². The fourth-order valence-electron chi connectivity index (χ4n) is 3.41. The predicted molar refractivity (Wildman–Crippen MR) is 87.3 cm³/mol. The summed E-state index contributed by atoms with van der Waals surface area (Å²) in [6.45, 7) is 6.32. The predicted octanol–water partition coefficient (Wildman–Crippen LogP) is 2.86. The standard InChI is InChI=1S/C18H23N3O/c1-12-18(15-6-4-8-19-11-15)13(2)21-17(20-12)10-14-5-3-7-16(22)9-14/h3,5,7,9,15,19,22H,4,6,8,10-11H2,1-2H3. The van der Waals surface area contributed by atoms with Crippen LogP contribution in [0.4, 0.5) is 0 Å². The number of aromatic nitrogens is 2. The molecule has 2 aromatic rings. The summed E-state index contributed by atoms with van der Waals surface area (Å²) in [5, 5.41) is 13.0. The molecule has 1 fully saturated rings. The van der Waals surface area contributed by atoms with Gasteiger partial charge in [0, 0.05) is 24.4 Å². The van der Waals surface area contributed by atoms with Gasteiger partial charge in [0.15, 0.2) is 0 Å². The van der Waals surface area contributed by atoms with Crippen LogP contribution in [0.5, 0.6) is 5.75 Å². The van der Waals surface area contributed by atoms with Crippen LogP contribution in [0.3, 0.4) is 0 Å². The highest BCUT2D eigenvalue weighted by molar-refractivity contribution is 5.32. The van der Waals surface area contributed by atoms with Crippen LogP contribution in [0.25, 0.3) is 0 Å². The fourth-order valence-corrected chi connectivity index (χ4v) is 3.41. The first-order valence-electron chi connectivity index (χ1n) is 7.96. The number of hydrogen-bond acceptors (Lipinski definition) is 4. The Balaban J connectivity index is 1.85. The molecule has 2 N–H and O–H groups in total. The Morgan fingerprint density at radius 2 is 2.00 bits per heavy atom. The third kappa shape index (κ3) is 3.28. The number of rotatable bonds is 3. The molecule has 0 spiro atoms. The molecule has 1 aliphatic rings. The molecule has 1 unspecified atom stereocenters. The van der Waals surface area contributed by atoms with Gasteiger partial charge in [-0.25, -0.2) is 9.97 Å². The third-order valence-electron chi connectivity index (χ3n) is 4.35. The number of aromatic hydroxyl groups is 1. The van der Waals surface area contributed by atoms with E-state index in [1.165, 1.54) is 18.4 Å². The van der Waals surface area contributed by atoms with Crippen molar-refractivity contribution in [3.05, 3.63) is 52.6 Å². The van der Waals surface area contributed by atoms with E-state index in [4.69, 9.17) is 9.97 Å². The molecule has 22 heavy (non-hydrogen) atoms. The first-order chi connectivity index (χ1) is 10.6. The molecule has 3 rings (SSSR count). The van der Waals surface area contributed by atoms with Gasteiger partial charge in [-0.15, -0.1) is 0 Å². The van der Waals surface area contributed by atoms with E-state index in [2.05, 4.69) is 19.2 Å². The lowest BCUT2D eigenvalue weighted by atomic mass is 9.89. The van der Waals surface area contributed by atoms with Crippen molar-refractivity contribution >= 4 is 0 Å². The van der Waals surface area contributed by atoms with Crippen molar-refractivity contribution in [3.63, 3.8) is 0 Å². The van der Waals surface area contributed by atoms with Crippen molar-refractivity contribution in [3.8, 4) is 5.75 Å². The zero-order valence-electron chi connectivity index (χ0n) is 13.3. The molecule has 4 nitrogen and oxygen atoms in total. The summed E-state index contributed by atoms with van der Waals surface area (Å²) >= 11 is 0. The summed E-state index contributed by atoms with van der Waals surface area (Å²) in [7, 11) is 0. The number of phenolic OH excluding ortho intramolecular Hbond substituents is 1. The third-order valence-corrected chi connectivity index (χ3v) is 4.35. The van der Waals surface area contributed by atoms with Crippen LogP contribution in [-0.4, -0.2) is 28.2 Å². The number of hydrogen-bond donors (Lipinski definition) is 2. The summed E-state index contributed by atoms with van der Waals surface area (Å²) in [6.07, 6.45) is 3.08. The summed E-state index contributed by atoms with van der Waals surface area (Å²) in [6, 6.07) is 7.30. The molecule has 0 bridgehead atoms. The molecule has 1 aliphatic heterocycles. The molecule has 1 atom stereocenters. The van der Waals surface area contributed by atoms with Crippen LogP contribution in [0, 0.1) is 13.8 Å².